The van der Waals surface area contributed by atoms with Crippen molar-refractivity contribution in [1.29, 1.82) is 0 Å². The number of nitrogens with zero attached hydrogens (tertiary/aromatic N) is 3. The number of H-pyrrole nitrogens is 1. The van der Waals surface area contributed by atoms with Gasteiger partial charge in [0.25, 0.3) is 0 Å². The van der Waals surface area contributed by atoms with Gasteiger partial charge < -0.3 is 5.32 Å². The molecule has 3 aromatic rings. The average Bonchev–Trinajstić information content (AvgIpc) is 3.03. The fraction of sp³-hybridized carbons (Fsp3) is 0.188. The first-order valence-corrected chi connectivity index (χ1v) is 6.86. The fourth-order valence-electron chi connectivity index (χ4n) is 2.24. The van der Waals surface area contributed by atoms with E-state index >= 15 is 0 Å². The molecular weight excluding hydrogens is 262 g/mol. The Hall–Kier alpha value is -2.69. The van der Waals surface area contributed by atoms with Crippen molar-refractivity contribution < 1.29 is 0 Å². The maximum Gasteiger partial charge on any atom is 0.204 e. The van der Waals surface area contributed by atoms with Gasteiger partial charge in [0, 0.05) is 17.8 Å². The van der Waals surface area contributed by atoms with E-state index in [2.05, 4.69) is 58.0 Å². The predicted octanol–water partition coefficient (Wildman–Crippen LogP) is 3.10. The van der Waals surface area contributed by atoms with Crippen LogP contribution in [-0.2, 0) is 6.54 Å². The number of aryl methyl sites for hydroxylation is 2. The second-order valence-electron chi connectivity index (χ2n) is 5.10. The number of hydrogen-bond donors (Lipinski definition) is 2. The maximum atomic E-state index is 4.00. The monoisotopic (exact) mass is 279 g/mol. The third-order valence-corrected chi connectivity index (χ3v) is 3.45. The van der Waals surface area contributed by atoms with E-state index in [4.69, 9.17) is 0 Å². The molecule has 0 aliphatic carbocycles. The van der Waals surface area contributed by atoms with Crippen LogP contribution in [0.3, 0.4) is 0 Å². The molecule has 1 heterocycles. The molecule has 0 atom stereocenters. The van der Waals surface area contributed by atoms with Crippen molar-refractivity contribution >= 4 is 5.69 Å². The second kappa shape index (κ2) is 5.75. The standard InChI is InChI=1S/C16H17N5/c1-11-6-7-12(2)14(8-11)10-17-15-5-3-4-13(9-15)16-18-20-21-19-16/h3-9,17H,10H2,1-2H3,(H,18,19,20,21). The average molecular weight is 279 g/mol. The molecule has 106 valence electrons. The van der Waals surface area contributed by atoms with Crippen LogP contribution in [0, 0.1) is 13.8 Å². The Morgan fingerprint density at radius 3 is 2.81 bits per heavy atom. The van der Waals surface area contributed by atoms with Crippen LogP contribution in [0.1, 0.15) is 16.7 Å². The van der Waals surface area contributed by atoms with E-state index in [-0.39, 0.29) is 0 Å². The molecule has 0 saturated heterocycles. The normalized spacial score (nSPS) is 10.6. The zero-order valence-corrected chi connectivity index (χ0v) is 12.1. The van der Waals surface area contributed by atoms with Crippen molar-refractivity contribution in [2.45, 2.75) is 20.4 Å². The number of benzene rings is 2. The number of aromatic amines is 1. The zero-order chi connectivity index (χ0) is 14.7. The summed E-state index contributed by atoms with van der Waals surface area (Å²) in [6, 6.07) is 14.5. The van der Waals surface area contributed by atoms with Crippen molar-refractivity contribution in [3.8, 4) is 11.4 Å². The van der Waals surface area contributed by atoms with E-state index in [1.54, 1.807) is 0 Å². The third-order valence-electron chi connectivity index (χ3n) is 3.45. The number of anilines is 1. The fourth-order valence-corrected chi connectivity index (χ4v) is 2.24. The third kappa shape index (κ3) is 3.08. The minimum atomic E-state index is 0.602. The summed E-state index contributed by atoms with van der Waals surface area (Å²) in [5.41, 5.74) is 5.85. The van der Waals surface area contributed by atoms with Gasteiger partial charge in [-0.25, -0.2) is 0 Å². The van der Waals surface area contributed by atoms with Crippen LogP contribution < -0.4 is 5.32 Å². The Labute approximate surface area is 123 Å². The molecule has 0 amide bonds. The molecule has 0 aliphatic rings. The van der Waals surface area contributed by atoms with Crippen LogP contribution in [0.25, 0.3) is 11.4 Å². The van der Waals surface area contributed by atoms with Gasteiger partial charge in [-0.1, -0.05) is 35.9 Å². The van der Waals surface area contributed by atoms with Gasteiger partial charge in [0.15, 0.2) is 0 Å². The van der Waals surface area contributed by atoms with Gasteiger partial charge in [-0.15, -0.1) is 10.2 Å². The number of hydrogen-bond acceptors (Lipinski definition) is 4. The molecule has 1 aromatic heterocycles. The summed E-state index contributed by atoms with van der Waals surface area (Å²) < 4.78 is 0. The molecule has 5 nitrogen and oxygen atoms in total. The molecule has 21 heavy (non-hydrogen) atoms. The Kier molecular flexibility index (Phi) is 3.64. The van der Waals surface area contributed by atoms with Crippen LogP contribution in [0.5, 0.6) is 0 Å². The molecule has 2 aromatic carbocycles. The summed E-state index contributed by atoms with van der Waals surface area (Å²) in [6.07, 6.45) is 0. The smallest absolute Gasteiger partial charge is 0.204 e. The molecule has 0 radical (unpaired) electrons. The molecule has 0 saturated carbocycles. The van der Waals surface area contributed by atoms with Crippen LogP contribution in [0.15, 0.2) is 42.5 Å². The highest BCUT2D eigenvalue weighted by Gasteiger charge is 2.04. The molecule has 0 bridgehead atoms. The van der Waals surface area contributed by atoms with Crippen molar-refractivity contribution in [1.82, 2.24) is 20.6 Å². The minimum absolute atomic E-state index is 0.602. The number of nitrogens with one attached hydrogen (secondary N) is 2. The Morgan fingerprint density at radius 2 is 2.00 bits per heavy atom. The second-order valence-corrected chi connectivity index (χ2v) is 5.10. The first-order valence-electron chi connectivity index (χ1n) is 6.86. The number of aromatic nitrogens is 4. The first-order chi connectivity index (χ1) is 10.2. The lowest BCUT2D eigenvalue weighted by atomic mass is 10.1. The summed E-state index contributed by atoms with van der Waals surface area (Å²) in [6.45, 7) is 5.04. The van der Waals surface area contributed by atoms with Gasteiger partial charge >= 0.3 is 0 Å². The van der Waals surface area contributed by atoms with Gasteiger partial charge in [0.1, 0.15) is 0 Å². The SMILES string of the molecule is Cc1ccc(C)c(CNc2cccc(-c3nn[nH]n3)c2)c1. The van der Waals surface area contributed by atoms with E-state index in [0.717, 1.165) is 17.8 Å². The highest BCUT2D eigenvalue weighted by Crippen LogP contribution is 2.19. The molecule has 0 spiro atoms. The van der Waals surface area contributed by atoms with E-state index in [1.165, 1.54) is 16.7 Å². The summed E-state index contributed by atoms with van der Waals surface area (Å²) in [5.74, 6) is 0.602. The van der Waals surface area contributed by atoms with E-state index < -0.39 is 0 Å². The predicted molar refractivity (Wildman–Crippen MR) is 82.9 cm³/mol. The van der Waals surface area contributed by atoms with Crippen molar-refractivity contribution in [3.63, 3.8) is 0 Å². The van der Waals surface area contributed by atoms with Crippen molar-refractivity contribution in [2.24, 2.45) is 0 Å². The van der Waals surface area contributed by atoms with E-state index in [9.17, 15) is 0 Å². The Bertz CT molecular complexity index is 734. The lowest BCUT2D eigenvalue weighted by Crippen LogP contribution is -2.01. The van der Waals surface area contributed by atoms with Crippen molar-refractivity contribution in [2.75, 3.05) is 5.32 Å². The lowest BCUT2D eigenvalue weighted by molar-refractivity contribution is 0.881. The van der Waals surface area contributed by atoms with E-state index in [0.29, 0.717) is 5.82 Å². The van der Waals surface area contributed by atoms with Crippen LogP contribution >= 0.6 is 0 Å². The highest BCUT2D eigenvalue weighted by atomic mass is 15.5. The Balaban J connectivity index is 1.76. The highest BCUT2D eigenvalue weighted by molar-refractivity contribution is 5.61. The summed E-state index contributed by atoms with van der Waals surface area (Å²) in [7, 11) is 0. The largest absolute Gasteiger partial charge is 0.381 e. The lowest BCUT2D eigenvalue weighted by Gasteiger charge is -2.10. The quantitative estimate of drug-likeness (QED) is 0.770. The van der Waals surface area contributed by atoms with Crippen molar-refractivity contribution in [3.05, 3.63) is 59.2 Å². The van der Waals surface area contributed by atoms with Gasteiger partial charge in [-0.05, 0) is 42.3 Å². The van der Waals surface area contributed by atoms with Crippen LogP contribution in [-0.4, -0.2) is 20.6 Å². The van der Waals surface area contributed by atoms with Gasteiger partial charge in [0.2, 0.25) is 5.82 Å². The van der Waals surface area contributed by atoms with Gasteiger partial charge in [-0.3, -0.25) is 0 Å². The number of tetrazole rings is 1. The summed E-state index contributed by atoms with van der Waals surface area (Å²) in [5, 5.41) is 17.5. The first kappa shape index (κ1) is 13.3. The molecule has 3 rings (SSSR count). The van der Waals surface area contributed by atoms with Gasteiger partial charge in [0.05, 0.1) is 0 Å². The molecule has 5 heteroatoms. The molecular formula is C16H17N5. The van der Waals surface area contributed by atoms with Crippen LogP contribution in [0.2, 0.25) is 0 Å². The molecule has 0 unspecified atom stereocenters. The molecule has 2 N–H and O–H groups in total. The Morgan fingerprint density at radius 1 is 1.10 bits per heavy atom. The summed E-state index contributed by atoms with van der Waals surface area (Å²) in [4.78, 5) is 0. The van der Waals surface area contributed by atoms with Crippen LogP contribution in [0.4, 0.5) is 5.69 Å². The van der Waals surface area contributed by atoms with E-state index in [1.807, 2.05) is 24.3 Å². The topological polar surface area (TPSA) is 66.5 Å². The zero-order valence-electron chi connectivity index (χ0n) is 12.1. The number of rotatable bonds is 4. The minimum Gasteiger partial charge on any atom is -0.381 e. The van der Waals surface area contributed by atoms with Gasteiger partial charge in [-0.2, -0.15) is 5.21 Å². The molecule has 0 aliphatic heterocycles. The summed E-state index contributed by atoms with van der Waals surface area (Å²) >= 11 is 0. The molecule has 0 fully saturated rings. The maximum absolute atomic E-state index is 4.00.